The van der Waals surface area contributed by atoms with E-state index in [-0.39, 0.29) is 10.8 Å². The molecule has 0 saturated carbocycles. The van der Waals surface area contributed by atoms with Crippen molar-refractivity contribution in [3.63, 3.8) is 0 Å². The monoisotopic (exact) mass is 420 g/mol. The van der Waals surface area contributed by atoms with Crippen molar-refractivity contribution in [3.05, 3.63) is 102 Å². The molecule has 30 heavy (non-hydrogen) atoms. The second-order valence-corrected chi connectivity index (χ2v) is 8.66. The number of aryl methyl sites for hydroxylation is 1. The summed E-state index contributed by atoms with van der Waals surface area (Å²) in [4.78, 5) is 12.2. The number of hydrogen-bond acceptors (Lipinski definition) is 3. The standard InChI is InChI=1S/C24H24N2O3S/c1-19-7-9-21(10-8-19)11-16-24(27)26-22-12-14-23(15-13-22)30(28,29)25-18-17-20-5-3-2-4-6-20/h2-16,25H,17-18H2,1H3,(H,26,27). The van der Waals surface area contributed by atoms with Crippen molar-refractivity contribution in [1.82, 2.24) is 4.72 Å². The van der Waals surface area contributed by atoms with Gasteiger partial charge in [-0.1, -0.05) is 60.2 Å². The zero-order valence-electron chi connectivity index (χ0n) is 16.7. The van der Waals surface area contributed by atoms with Gasteiger partial charge >= 0.3 is 0 Å². The highest BCUT2D eigenvalue weighted by Gasteiger charge is 2.13. The van der Waals surface area contributed by atoms with Gasteiger partial charge in [0.15, 0.2) is 0 Å². The van der Waals surface area contributed by atoms with Crippen LogP contribution in [-0.2, 0) is 21.2 Å². The first-order valence-corrected chi connectivity index (χ1v) is 11.1. The number of amides is 1. The van der Waals surface area contributed by atoms with Crippen molar-refractivity contribution >= 4 is 27.7 Å². The number of carbonyl (C=O) groups excluding carboxylic acids is 1. The van der Waals surface area contributed by atoms with Gasteiger partial charge in [-0.15, -0.1) is 0 Å². The number of nitrogens with one attached hydrogen (secondary N) is 2. The fourth-order valence-electron chi connectivity index (χ4n) is 2.81. The van der Waals surface area contributed by atoms with Gasteiger partial charge in [-0.2, -0.15) is 0 Å². The SMILES string of the molecule is Cc1ccc(C=CC(=O)Nc2ccc(S(=O)(=O)NCCc3ccccc3)cc2)cc1. The topological polar surface area (TPSA) is 75.3 Å². The highest BCUT2D eigenvalue weighted by molar-refractivity contribution is 7.89. The number of carbonyl (C=O) groups is 1. The molecule has 3 aromatic carbocycles. The highest BCUT2D eigenvalue weighted by atomic mass is 32.2. The molecule has 3 rings (SSSR count). The summed E-state index contributed by atoms with van der Waals surface area (Å²) in [5.74, 6) is -0.285. The Morgan fingerprint density at radius 1 is 0.900 bits per heavy atom. The molecule has 1 amide bonds. The molecule has 6 heteroatoms. The predicted octanol–water partition coefficient (Wildman–Crippen LogP) is 4.17. The van der Waals surface area contributed by atoms with E-state index in [1.807, 2.05) is 61.5 Å². The maximum absolute atomic E-state index is 12.4. The Labute approximate surface area is 177 Å². The van der Waals surface area contributed by atoms with Crippen LogP contribution >= 0.6 is 0 Å². The van der Waals surface area contributed by atoms with E-state index in [4.69, 9.17) is 0 Å². The molecule has 2 N–H and O–H groups in total. The minimum atomic E-state index is -3.60. The summed E-state index contributed by atoms with van der Waals surface area (Å²) in [7, 11) is -3.60. The Morgan fingerprint density at radius 3 is 2.23 bits per heavy atom. The zero-order chi connectivity index (χ0) is 21.4. The number of anilines is 1. The second kappa shape index (κ2) is 10.0. The molecule has 0 aliphatic rings. The van der Waals surface area contributed by atoms with Crippen molar-refractivity contribution in [3.8, 4) is 0 Å². The minimum absolute atomic E-state index is 0.156. The molecule has 0 bridgehead atoms. The summed E-state index contributed by atoms with van der Waals surface area (Å²) in [5, 5.41) is 2.73. The van der Waals surface area contributed by atoms with Crippen LogP contribution in [0.1, 0.15) is 16.7 Å². The molecule has 5 nitrogen and oxygen atoms in total. The molecule has 0 saturated heterocycles. The molecule has 0 aromatic heterocycles. The minimum Gasteiger partial charge on any atom is -0.323 e. The normalized spacial score (nSPS) is 11.5. The van der Waals surface area contributed by atoms with Gasteiger partial charge in [-0.25, -0.2) is 13.1 Å². The lowest BCUT2D eigenvalue weighted by atomic mass is 10.1. The van der Waals surface area contributed by atoms with Crippen LogP contribution in [0.25, 0.3) is 6.08 Å². The van der Waals surface area contributed by atoms with Gasteiger partial charge in [-0.05, 0) is 54.8 Å². The van der Waals surface area contributed by atoms with Crippen LogP contribution in [0.15, 0.2) is 89.8 Å². The number of sulfonamides is 1. The van der Waals surface area contributed by atoms with E-state index in [2.05, 4.69) is 10.0 Å². The third-order valence-corrected chi connectivity index (χ3v) is 5.96. The molecule has 0 spiro atoms. The Hall–Kier alpha value is -3.22. The fourth-order valence-corrected chi connectivity index (χ4v) is 3.84. The summed E-state index contributed by atoms with van der Waals surface area (Å²) in [6.07, 6.45) is 3.78. The zero-order valence-corrected chi connectivity index (χ0v) is 17.5. The molecule has 0 aliphatic carbocycles. The van der Waals surface area contributed by atoms with Gasteiger partial charge in [0.1, 0.15) is 0 Å². The van der Waals surface area contributed by atoms with Crippen LogP contribution in [0.5, 0.6) is 0 Å². The first kappa shape index (κ1) is 21.5. The molecule has 0 aliphatic heterocycles. The second-order valence-electron chi connectivity index (χ2n) is 6.89. The van der Waals surface area contributed by atoms with Crippen molar-refractivity contribution < 1.29 is 13.2 Å². The quantitative estimate of drug-likeness (QED) is 0.537. The van der Waals surface area contributed by atoms with Gasteiger partial charge < -0.3 is 5.32 Å². The van der Waals surface area contributed by atoms with E-state index in [9.17, 15) is 13.2 Å². The Balaban J connectivity index is 1.54. The molecular formula is C24H24N2O3S. The van der Waals surface area contributed by atoms with Crippen molar-refractivity contribution in [2.75, 3.05) is 11.9 Å². The van der Waals surface area contributed by atoms with E-state index in [0.717, 1.165) is 16.7 Å². The summed E-state index contributed by atoms with van der Waals surface area (Å²) in [6, 6.07) is 23.6. The highest BCUT2D eigenvalue weighted by Crippen LogP contribution is 2.14. The van der Waals surface area contributed by atoms with Gasteiger partial charge in [0.05, 0.1) is 4.90 Å². The smallest absolute Gasteiger partial charge is 0.248 e. The average molecular weight is 421 g/mol. The third kappa shape index (κ3) is 6.40. The molecule has 0 fully saturated rings. The van der Waals surface area contributed by atoms with E-state index >= 15 is 0 Å². The lowest BCUT2D eigenvalue weighted by Crippen LogP contribution is -2.26. The van der Waals surface area contributed by atoms with E-state index in [1.165, 1.54) is 18.2 Å². The van der Waals surface area contributed by atoms with Crippen LogP contribution in [0.3, 0.4) is 0 Å². The summed E-state index contributed by atoms with van der Waals surface area (Å²) in [5.41, 5.74) is 3.67. The van der Waals surface area contributed by atoms with Crippen LogP contribution in [0, 0.1) is 6.92 Å². The van der Waals surface area contributed by atoms with Crippen molar-refractivity contribution in [1.29, 1.82) is 0 Å². The maximum Gasteiger partial charge on any atom is 0.248 e. The Kier molecular flexibility index (Phi) is 7.17. The predicted molar refractivity (Wildman–Crippen MR) is 121 cm³/mol. The number of benzene rings is 3. The summed E-state index contributed by atoms with van der Waals surface area (Å²) >= 11 is 0. The molecule has 0 unspecified atom stereocenters. The van der Waals surface area contributed by atoms with Crippen molar-refractivity contribution in [2.45, 2.75) is 18.2 Å². The maximum atomic E-state index is 12.4. The summed E-state index contributed by atoms with van der Waals surface area (Å²) < 4.78 is 27.5. The van der Waals surface area contributed by atoms with Crippen LogP contribution in [0.4, 0.5) is 5.69 Å². The largest absolute Gasteiger partial charge is 0.323 e. The van der Waals surface area contributed by atoms with Gasteiger partial charge in [0.25, 0.3) is 0 Å². The lowest BCUT2D eigenvalue weighted by molar-refractivity contribution is -0.111. The summed E-state index contributed by atoms with van der Waals surface area (Å²) in [6.45, 7) is 2.32. The van der Waals surface area contributed by atoms with Crippen LogP contribution in [0.2, 0.25) is 0 Å². The van der Waals surface area contributed by atoms with Crippen molar-refractivity contribution in [2.24, 2.45) is 0 Å². The van der Waals surface area contributed by atoms with E-state index in [0.29, 0.717) is 18.7 Å². The molecule has 0 heterocycles. The lowest BCUT2D eigenvalue weighted by Gasteiger charge is -2.08. The third-order valence-electron chi connectivity index (χ3n) is 4.49. The molecule has 0 atom stereocenters. The van der Waals surface area contributed by atoms with E-state index in [1.54, 1.807) is 18.2 Å². The molecule has 3 aromatic rings. The van der Waals surface area contributed by atoms with Gasteiger partial charge in [0, 0.05) is 18.3 Å². The number of rotatable bonds is 8. The first-order valence-electron chi connectivity index (χ1n) is 9.62. The van der Waals surface area contributed by atoms with Crippen LogP contribution < -0.4 is 10.0 Å². The van der Waals surface area contributed by atoms with Gasteiger partial charge in [-0.3, -0.25) is 4.79 Å². The van der Waals surface area contributed by atoms with Gasteiger partial charge in [0.2, 0.25) is 15.9 Å². The fraction of sp³-hybridized carbons (Fsp3) is 0.125. The van der Waals surface area contributed by atoms with E-state index < -0.39 is 10.0 Å². The molecular weight excluding hydrogens is 396 g/mol. The van der Waals surface area contributed by atoms with Crippen LogP contribution in [-0.4, -0.2) is 20.9 Å². The molecule has 154 valence electrons. The first-order chi connectivity index (χ1) is 14.4. The Bertz CT molecular complexity index is 1110. The Morgan fingerprint density at radius 2 is 1.57 bits per heavy atom. The average Bonchev–Trinajstić information content (AvgIpc) is 2.74. The molecule has 0 radical (unpaired) electrons. The number of hydrogen-bond donors (Lipinski definition) is 2.